The second-order valence-corrected chi connectivity index (χ2v) is 18.1. The first-order chi connectivity index (χ1) is 31.2. The average Bonchev–Trinajstić information content (AvgIpc) is 4.04. The van der Waals surface area contributed by atoms with E-state index in [1.54, 1.807) is 22.7 Å². The summed E-state index contributed by atoms with van der Waals surface area (Å²) in [5, 5.41) is 7.26. The molecular formula is C57H34N4S2. The molecule has 0 N–H and O–H groups in total. The lowest BCUT2D eigenvalue weighted by Crippen LogP contribution is -2.01. The smallest absolute Gasteiger partial charge is 0.165 e. The molecule has 0 aliphatic carbocycles. The minimum Gasteiger partial charge on any atom is -0.309 e. The molecule has 0 aliphatic heterocycles. The van der Waals surface area contributed by atoms with E-state index in [1.807, 2.05) is 18.2 Å². The minimum absolute atomic E-state index is 0.644. The van der Waals surface area contributed by atoms with E-state index in [4.69, 9.17) is 15.0 Å². The zero-order valence-corrected chi connectivity index (χ0v) is 35.4. The number of hydrogen-bond donors (Lipinski definition) is 0. The predicted molar refractivity (Wildman–Crippen MR) is 267 cm³/mol. The molecule has 0 saturated carbocycles. The van der Waals surface area contributed by atoms with Crippen molar-refractivity contribution in [2.75, 3.05) is 0 Å². The number of aromatic nitrogens is 4. The van der Waals surface area contributed by atoms with Crippen molar-refractivity contribution in [2.24, 2.45) is 0 Å². The number of rotatable bonds is 6. The fourth-order valence-corrected chi connectivity index (χ4v) is 11.7. The van der Waals surface area contributed by atoms with Gasteiger partial charge < -0.3 is 4.57 Å². The number of para-hydroxylation sites is 2. The molecule has 0 saturated heterocycles. The van der Waals surface area contributed by atoms with Crippen LogP contribution in [0.3, 0.4) is 0 Å². The molecule has 0 fully saturated rings. The first-order valence-electron chi connectivity index (χ1n) is 21.1. The third-order valence-electron chi connectivity index (χ3n) is 12.3. The van der Waals surface area contributed by atoms with Gasteiger partial charge in [0.05, 0.1) is 11.0 Å². The van der Waals surface area contributed by atoms with E-state index in [0.29, 0.717) is 17.5 Å². The Bertz CT molecular complexity index is 3870. The molecule has 294 valence electrons. The van der Waals surface area contributed by atoms with E-state index in [-0.39, 0.29) is 0 Å². The van der Waals surface area contributed by atoms with Crippen molar-refractivity contribution in [1.82, 2.24) is 19.5 Å². The Labute approximate surface area is 370 Å². The van der Waals surface area contributed by atoms with E-state index in [9.17, 15) is 0 Å². The lowest BCUT2D eigenvalue weighted by molar-refractivity contribution is 1.08. The predicted octanol–water partition coefficient (Wildman–Crippen LogP) is 16.0. The highest BCUT2D eigenvalue weighted by molar-refractivity contribution is 7.26. The number of thiophene rings is 2. The SMILES string of the molecule is c1ccc(-c2cccc(-c3ccc4sc5c(-c6nc(-c7ccccc7)nc(-c7cccc8c7sc7ccccc78)n6)cc(-n6c7ccccc7c7ccccc76)cc5c4c3)c2)cc1. The lowest BCUT2D eigenvalue weighted by atomic mass is 9.97. The van der Waals surface area contributed by atoms with Crippen molar-refractivity contribution < 1.29 is 0 Å². The molecule has 4 aromatic heterocycles. The minimum atomic E-state index is 0.644. The third kappa shape index (κ3) is 5.91. The molecule has 0 aliphatic rings. The molecule has 0 atom stereocenters. The zero-order chi connectivity index (χ0) is 41.4. The summed E-state index contributed by atoms with van der Waals surface area (Å²) in [4.78, 5) is 16.1. The Balaban J connectivity index is 1.10. The van der Waals surface area contributed by atoms with Crippen LogP contribution in [-0.4, -0.2) is 19.5 Å². The van der Waals surface area contributed by atoms with E-state index < -0.39 is 0 Å². The Morgan fingerprint density at radius 3 is 1.57 bits per heavy atom. The Hall–Kier alpha value is -7.77. The molecule has 0 spiro atoms. The average molecular weight is 839 g/mol. The second kappa shape index (κ2) is 14.4. The number of hydrogen-bond acceptors (Lipinski definition) is 5. The third-order valence-corrected chi connectivity index (χ3v) is 14.7. The summed E-state index contributed by atoms with van der Waals surface area (Å²) >= 11 is 3.59. The number of nitrogens with zero attached hydrogens (tertiary/aromatic N) is 4. The molecule has 4 nitrogen and oxygen atoms in total. The molecule has 0 bridgehead atoms. The van der Waals surface area contributed by atoms with Gasteiger partial charge in [-0.05, 0) is 76.9 Å². The molecule has 0 radical (unpaired) electrons. The number of fused-ring (bicyclic) bond motifs is 9. The van der Waals surface area contributed by atoms with Crippen LogP contribution in [0.2, 0.25) is 0 Å². The topological polar surface area (TPSA) is 43.6 Å². The fraction of sp³-hybridized carbons (Fsp3) is 0. The van der Waals surface area contributed by atoms with E-state index >= 15 is 0 Å². The van der Waals surface area contributed by atoms with Gasteiger partial charge in [-0.15, -0.1) is 22.7 Å². The van der Waals surface area contributed by atoms with Crippen LogP contribution in [0.4, 0.5) is 0 Å². The molecule has 6 heteroatoms. The first-order valence-corrected chi connectivity index (χ1v) is 22.7. The molecular weight excluding hydrogens is 805 g/mol. The quantitative estimate of drug-likeness (QED) is 0.168. The van der Waals surface area contributed by atoms with Gasteiger partial charge in [0.25, 0.3) is 0 Å². The van der Waals surface area contributed by atoms with Crippen molar-refractivity contribution in [1.29, 1.82) is 0 Å². The van der Waals surface area contributed by atoms with Crippen LogP contribution in [0.15, 0.2) is 206 Å². The van der Waals surface area contributed by atoms with E-state index in [1.165, 1.54) is 68.7 Å². The molecule has 0 unspecified atom stereocenters. The van der Waals surface area contributed by atoms with Crippen molar-refractivity contribution in [3.8, 4) is 62.1 Å². The van der Waals surface area contributed by atoms with Gasteiger partial charge in [0, 0.05) is 73.5 Å². The van der Waals surface area contributed by atoms with Gasteiger partial charge in [0.2, 0.25) is 0 Å². The van der Waals surface area contributed by atoms with Crippen molar-refractivity contribution in [2.45, 2.75) is 0 Å². The maximum Gasteiger partial charge on any atom is 0.165 e. The van der Waals surface area contributed by atoms with Gasteiger partial charge in [0.1, 0.15) is 0 Å². The monoisotopic (exact) mass is 838 g/mol. The van der Waals surface area contributed by atoms with Gasteiger partial charge in [-0.3, -0.25) is 0 Å². The maximum absolute atomic E-state index is 5.47. The molecule has 13 rings (SSSR count). The van der Waals surface area contributed by atoms with E-state index in [0.717, 1.165) is 38.1 Å². The lowest BCUT2D eigenvalue weighted by Gasteiger charge is -2.13. The maximum atomic E-state index is 5.47. The van der Waals surface area contributed by atoms with Crippen LogP contribution >= 0.6 is 22.7 Å². The summed E-state index contributed by atoms with van der Waals surface area (Å²) < 4.78 is 7.17. The first kappa shape index (κ1) is 35.9. The van der Waals surface area contributed by atoms with E-state index in [2.05, 4.69) is 193 Å². The molecule has 63 heavy (non-hydrogen) atoms. The number of benzene rings is 9. The van der Waals surface area contributed by atoms with Crippen molar-refractivity contribution in [3.63, 3.8) is 0 Å². The molecule has 4 heterocycles. The fourth-order valence-electron chi connectivity index (χ4n) is 9.30. The van der Waals surface area contributed by atoms with Gasteiger partial charge in [-0.25, -0.2) is 15.0 Å². The summed E-state index contributed by atoms with van der Waals surface area (Å²) in [6.45, 7) is 0. The summed E-state index contributed by atoms with van der Waals surface area (Å²) in [5.74, 6) is 1.95. The zero-order valence-electron chi connectivity index (χ0n) is 33.7. The van der Waals surface area contributed by atoms with Crippen LogP contribution < -0.4 is 0 Å². The van der Waals surface area contributed by atoms with Gasteiger partial charge in [0.15, 0.2) is 17.5 Å². The highest BCUT2D eigenvalue weighted by atomic mass is 32.1. The summed E-state index contributed by atoms with van der Waals surface area (Å²) in [6.07, 6.45) is 0. The van der Waals surface area contributed by atoms with Crippen LogP contribution in [0.5, 0.6) is 0 Å². The molecule has 9 aromatic carbocycles. The standard InChI is InChI=1S/C57H34N4S2/c1-3-15-35(16-4-1)37-19-13-20-38(31-37)39-29-30-52-46(32-39)47-33-40(61-49-26-10-7-21-41(49)42-22-8-11-27-50(42)61)34-48(54(47)63-52)57-59-55(36-17-5-2-6-18-36)58-56(60-57)45-25-14-24-44-43-23-9-12-28-51(43)62-53(44)45/h1-34H. The second-order valence-electron chi connectivity index (χ2n) is 16.0. The van der Waals surface area contributed by atoms with Gasteiger partial charge in [-0.1, -0.05) is 152 Å². The highest BCUT2D eigenvalue weighted by Crippen LogP contribution is 2.45. The van der Waals surface area contributed by atoms with Gasteiger partial charge >= 0.3 is 0 Å². The van der Waals surface area contributed by atoms with Crippen LogP contribution in [0, 0.1) is 0 Å². The highest BCUT2D eigenvalue weighted by Gasteiger charge is 2.22. The molecule has 0 amide bonds. The van der Waals surface area contributed by atoms with Crippen molar-refractivity contribution in [3.05, 3.63) is 206 Å². The normalized spacial score (nSPS) is 11.8. The van der Waals surface area contributed by atoms with Crippen LogP contribution in [0.25, 0.3) is 124 Å². The molecule has 13 aromatic rings. The summed E-state index contributed by atoms with van der Waals surface area (Å²) in [5.41, 5.74) is 11.0. The summed E-state index contributed by atoms with van der Waals surface area (Å²) in [7, 11) is 0. The summed E-state index contributed by atoms with van der Waals surface area (Å²) in [6, 6.07) is 73.9. The van der Waals surface area contributed by atoms with Crippen molar-refractivity contribution >= 4 is 84.8 Å². The Morgan fingerprint density at radius 2 is 0.825 bits per heavy atom. The Kier molecular flexibility index (Phi) is 8.22. The largest absolute Gasteiger partial charge is 0.309 e. The van der Waals surface area contributed by atoms with Crippen LogP contribution in [0.1, 0.15) is 0 Å². The van der Waals surface area contributed by atoms with Gasteiger partial charge in [-0.2, -0.15) is 0 Å². The Morgan fingerprint density at radius 1 is 0.302 bits per heavy atom. The van der Waals surface area contributed by atoms with Crippen LogP contribution in [-0.2, 0) is 0 Å².